The SMILES string of the molecule is C[C@@H](c1ccccc1)N1C[C@H](C(=O)OCC(=O)NCc2ccc(F)cc2)CC1=O. The Balaban J connectivity index is 1.45. The van der Waals surface area contributed by atoms with Gasteiger partial charge in [0.15, 0.2) is 6.61 Å². The van der Waals surface area contributed by atoms with Crippen LogP contribution < -0.4 is 5.32 Å². The molecule has 3 rings (SSSR count). The number of halogens is 1. The molecule has 2 atom stereocenters. The van der Waals surface area contributed by atoms with E-state index in [4.69, 9.17) is 4.74 Å². The number of ether oxygens (including phenoxy) is 1. The fraction of sp³-hybridized carbons (Fsp3) is 0.318. The maximum atomic E-state index is 12.9. The summed E-state index contributed by atoms with van der Waals surface area (Å²) in [5.74, 6) is -2.06. The zero-order valence-electron chi connectivity index (χ0n) is 16.1. The number of esters is 1. The third-order valence-electron chi connectivity index (χ3n) is 4.99. The molecule has 2 amide bonds. The smallest absolute Gasteiger partial charge is 0.311 e. The molecular weight excluding hydrogens is 375 g/mol. The van der Waals surface area contributed by atoms with E-state index < -0.39 is 24.4 Å². The predicted octanol–water partition coefficient (Wildman–Crippen LogP) is 2.59. The van der Waals surface area contributed by atoms with Gasteiger partial charge in [0.1, 0.15) is 5.82 Å². The number of likely N-dealkylation sites (tertiary alicyclic amines) is 1. The molecule has 1 fully saturated rings. The van der Waals surface area contributed by atoms with Crippen LogP contribution in [0.4, 0.5) is 4.39 Å². The molecule has 6 nitrogen and oxygen atoms in total. The van der Waals surface area contributed by atoms with E-state index in [-0.39, 0.29) is 37.3 Å². The topological polar surface area (TPSA) is 75.7 Å². The Hall–Kier alpha value is -3.22. The van der Waals surface area contributed by atoms with Gasteiger partial charge in [-0.2, -0.15) is 0 Å². The number of carbonyl (C=O) groups excluding carboxylic acids is 3. The minimum Gasteiger partial charge on any atom is -0.455 e. The largest absolute Gasteiger partial charge is 0.455 e. The molecule has 0 aromatic heterocycles. The zero-order chi connectivity index (χ0) is 20.8. The maximum absolute atomic E-state index is 12.9. The second-order valence-corrected chi connectivity index (χ2v) is 7.04. The molecule has 29 heavy (non-hydrogen) atoms. The summed E-state index contributed by atoms with van der Waals surface area (Å²) in [6, 6.07) is 15.2. The van der Waals surface area contributed by atoms with E-state index in [9.17, 15) is 18.8 Å². The number of amides is 2. The molecule has 2 aromatic rings. The Bertz CT molecular complexity index is 870. The van der Waals surface area contributed by atoms with Crippen molar-refractivity contribution in [2.45, 2.75) is 25.9 Å². The van der Waals surface area contributed by atoms with Crippen molar-refractivity contribution < 1.29 is 23.5 Å². The first kappa shape index (κ1) is 20.5. The van der Waals surface area contributed by atoms with Gasteiger partial charge < -0.3 is 15.0 Å². The Morgan fingerprint density at radius 3 is 2.55 bits per heavy atom. The number of rotatable bonds is 7. The van der Waals surface area contributed by atoms with Crippen molar-refractivity contribution in [3.63, 3.8) is 0 Å². The highest BCUT2D eigenvalue weighted by molar-refractivity contribution is 5.88. The molecule has 1 heterocycles. The summed E-state index contributed by atoms with van der Waals surface area (Å²) in [4.78, 5) is 38.2. The molecule has 1 aliphatic heterocycles. The Morgan fingerprint density at radius 1 is 1.17 bits per heavy atom. The van der Waals surface area contributed by atoms with Gasteiger partial charge in [-0.25, -0.2) is 4.39 Å². The highest BCUT2D eigenvalue weighted by Gasteiger charge is 2.38. The van der Waals surface area contributed by atoms with Crippen molar-refractivity contribution in [3.05, 3.63) is 71.5 Å². The summed E-state index contributed by atoms with van der Waals surface area (Å²) < 4.78 is 18.0. The molecule has 0 aliphatic carbocycles. The summed E-state index contributed by atoms with van der Waals surface area (Å²) in [7, 11) is 0. The highest BCUT2D eigenvalue weighted by Crippen LogP contribution is 2.28. The molecule has 2 aromatic carbocycles. The molecule has 0 saturated carbocycles. The Labute approximate surface area is 168 Å². The predicted molar refractivity (Wildman–Crippen MR) is 104 cm³/mol. The fourth-order valence-electron chi connectivity index (χ4n) is 3.28. The van der Waals surface area contributed by atoms with E-state index >= 15 is 0 Å². The number of hydrogen-bond donors (Lipinski definition) is 1. The summed E-state index contributed by atoms with van der Waals surface area (Å²) in [5, 5.41) is 2.61. The third-order valence-corrected chi connectivity index (χ3v) is 4.99. The van der Waals surface area contributed by atoms with E-state index in [1.807, 2.05) is 37.3 Å². The minimum atomic E-state index is -0.585. The molecule has 1 N–H and O–H groups in total. The van der Waals surface area contributed by atoms with Gasteiger partial charge in [-0.1, -0.05) is 42.5 Å². The zero-order valence-corrected chi connectivity index (χ0v) is 16.1. The van der Waals surface area contributed by atoms with E-state index in [0.717, 1.165) is 11.1 Å². The van der Waals surface area contributed by atoms with Crippen LogP contribution in [0.25, 0.3) is 0 Å². The molecule has 0 radical (unpaired) electrons. The van der Waals surface area contributed by atoms with E-state index in [0.29, 0.717) is 0 Å². The Kier molecular flexibility index (Phi) is 6.59. The van der Waals surface area contributed by atoms with Crippen molar-refractivity contribution in [3.8, 4) is 0 Å². The summed E-state index contributed by atoms with van der Waals surface area (Å²) in [6.07, 6.45) is 0.0766. The number of hydrogen-bond acceptors (Lipinski definition) is 4. The first-order valence-corrected chi connectivity index (χ1v) is 9.46. The normalized spacial score (nSPS) is 17.1. The number of benzene rings is 2. The quantitative estimate of drug-likeness (QED) is 0.728. The lowest BCUT2D eigenvalue weighted by Gasteiger charge is -2.25. The van der Waals surface area contributed by atoms with Gasteiger partial charge in [-0.05, 0) is 30.2 Å². The average molecular weight is 398 g/mol. The molecule has 7 heteroatoms. The number of carbonyl (C=O) groups is 3. The van der Waals surface area contributed by atoms with Crippen LogP contribution in [0.15, 0.2) is 54.6 Å². The van der Waals surface area contributed by atoms with Gasteiger partial charge in [0, 0.05) is 19.5 Å². The average Bonchev–Trinajstić information content (AvgIpc) is 3.13. The van der Waals surface area contributed by atoms with Crippen molar-refractivity contribution in [1.29, 1.82) is 0 Å². The summed E-state index contributed by atoms with van der Waals surface area (Å²) >= 11 is 0. The van der Waals surface area contributed by atoms with Crippen LogP contribution in [0.3, 0.4) is 0 Å². The van der Waals surface area contributed by atoms with Crippen LogP contribution in [-0.4, -0.2) is 35.8 Å². The summed E-state index contributed by atoms with van der Waals surface area (Å²) in [5.41, 5.74) is 1.73. The third kappa shape index (κ3) is 5.40. The molecule has 0 bridgehead atoms. The van der Waals surface area contributed by atoms with Crippen LogP contribution in [0.1, 0.15) is 30.5 Å². The van der Waals surface area contributed by atoms with Gasteiger partial charge in [-0.15, -0.1) is 0 Å². The van der Waals surface area contributed by atoms with Crippen molar-refractivity contribution >= 4 is 17.8 Å². The standard InChI is InChI=1S/C22H23FN2O4/c1-15(17-5-3-2-4-6-17)25-13-18(11-21(25)27)22(28)29-14-20(26)24-12-16-7-9-19(23)10-8-16/h2-10,15,18H,11-14H2,1H3,(H,24,26)/t15-,18+/m0/s1. The Morgan fingerprint density at radius 2 is 1.86 bits per heavy atom. The van der Waals surface area contributed by atoms with Gasteiger partial charge in [0.05, 0.1) is 12.0 Å². The first-order valence-electron chi connectivity index (χ1n) is 9.46. The van der Waals surface area contributed by atoms with Crippen LogP contribution >= 0.6 is 0 Å². The van der Waals surface area contributed by atoms with Crippen LogP contribution in [0.2, 0.25) is 0 Å². The van der Waals surface area contributed by atoms with Crippen molar-refractivity contribution in [2.24, 2.45) is 5.92 Å². The molecule has 1 aliphatic rings. The summed E-state index contributed by atoms with van der Waals surface area (Å²) in [6.45, 7) is 1.98. The highest BCUT2D eigenvalue weighted by atomic mass is 19.1. The lowest BCUT2D eigenvalue weighted by atomic mass is 10.1. The van der Waals surface area contributed by atoms with Crippen LogP contribution in [-0.2, 0) is 25.7 Å². The second-order valence-electron chi connectivity index (χ2n) is 7.04. The van der Waals surface area contributed by atoms with E-state index in [1.165, 1.54) is 12.1 Å². The molecule has 152 valence electrons. The number of nitrogens with one attached hydrogen (secondary N) is 1. The van der Waals surface area contributed by atoms with Gasteiger partial charge in [0.25, 0.3) is 5.91 Å². The monoisotopic (exact) mass is 398 g/mol. The van der Waals surface area contributed by atoms with E-state index in [2.05, 4.69) is 5.32 Å². The van der Waals surface area contributed by atoms with Gasteiger partial charge in [-0.3, -0.25) is 14.4 Å². The van der Waals surface area contributed by atoms with Crippen LogP contribution in [0, 0.1) is 11.7 Å². The number of nitrogens with zero attached hydrogens (tertiary/aromatic N) is 1. The fourth-order valence-corrected chi connectivity index (χ4v) is 3.28. The van der Waals surface area contributed by atoms with E-state index in [1.54, 1.807) is 17.0 Å². The molecule has 0 spiro atoms. The van der Waals surface area contributed by atoms with Crippen molar-refractivity contribution in [2.75, 3.05) is 13.2 Å². The first-order chi connectivity index (χ1) is 13.9. The molecule has 0 unspecified atom stereocenters. The second kappa shape index (κ2) is 9.32. The van der Waals surface area contributed by atoms with Gasteiger partial charge in [0.2, 0.25) is 5.91 Å². The minimum absolute atomic E-state index is 0.0766. The maximum Gasteiger partial charge on any atom is 0.311 e. The molecule has 1 saturated heterocycles. The van der Waals surface area contributed by atoms with Gasteiger partial charge >= 0.3 is 5.97 Å². The lowest BCUT2D eigenvalue weighted by molar-refractivity contribution is -0.152. The van der Waals surface area contributed by atoms with Crippen LogP contribution in [0.5, 0.6) is 0 Å². The molecular formula is C22H23FN2O4. The lowest BCUT2D eigenvalue weighted by Crippen LogP contribution is -2.32. The van der Waals surface area contributed by atoms with Crippen molar-refractivity contribution in [1.82, 2.24) is 10.2 Å².